The van der Waals surface area contributed by atoms with Gasteiger partial charge >= 0.3 is 0 Å². The molecule has 10 heteroatoms. The van der Waals surface area contributed by atoms with E-state index in [0.717, 1.165) is 8.95 Å². The summed E-state index contributed by atoms with van der Waals surface area (Å²) in [6.45, 7) is 0. The first-order valence-corrected chi connectivity index (χ1v) is 12.6. The summed E-state index contributed by atoms with van der Waals surface area (Å²) < 4.78 is 1.67. The molecule has 0 radical (unpaired) electrons. The van der Waals surface area contributed by atoms with Crippen molar-refractivity contribution < 1.29 is 9.90 Å². The number of carbonyl (C=O) groups is 1. The molecule has 174 valence electrons. The Hall–Kier alpha value is -1.51. The molecule has 1 N–H and O–H groups in total. The van der Waals surface area contributed by atoms with Crippen molar-refractivity contribution in [2.45, 2.75) is 6.10 Å². The maximum absolute atomic E-state index is 12.1. The summed E-state index contributed by atoms with van der Waals surface area (Å²) in [5, 5.41) is 11.9. The molecule has 0 aliphatic rings. The van der Waals surface area contributed by atoms with Crippen LogP contribution in [0.5, 0.6) is 0 Å². The number of ketones is 1. The van der Waals surface area contributed by atoms with Crippen molar-refractivity contribution >= 4 is 84.0 Å². The van der Waals surface area contributed by atoms with E-state index in [2.05, 4.69) is 41.8 Å². The van der Waals surface area contributed by atoms with Gasteiger partial charge in [0, 0.05) is 47.5 Å². The van der Waals surface area contributed by atoms with E-state index in [4.69, 9.17) is 46.4 Å². The number of rotatable bonds is 4. The van der Waals surface area contributed by atoms with E-state index < -0.39 is 6.10 Å². The predicted octanol–water partition coefficient (Wildman–Crippen LogP) is 8.61. The van der Waals surface area contributed by atoms with Gasteiger partial charge in [0.05, 0.1) is 10.7 Å². The van der Waals surface area contributed by atoms with E-state index >= 15 is 0 Å². The Kier molecular flexibility index (Phi) is 9.92. The van der Waals surface area contributed by atoms with Gasteiger partial charge in [-0.25, -0.2) is 0 Å². The van der Waals surface area contributed by atoms with Crippen molar-refractivity contribution in [1.82, 2.24) is 9.97 Å². The lowest BCUT2D eigenvalue weighted by molar-refractivity contribution is 0.103. The molecule has 4 rings (SSSR count). The molecule has 0 fully saturated rings. The smallest absolute Gasteiger partial charge is 0.212 e. The van der Waals surface area contributed by atoms with Gasteiger partial charge < -0.3 is 5.11 Å². The minimum atomic E-state index is -0.854. The quantitative estimate of drug-likeness (QED) is 0.222. The second kappa shape index (κ2) is 12.5. The Morgan fingerprint density at radius 2 is 1.35 bits per heavy atom. The number of pyridine rings is 2. The second-order valence-electron chi connectivity index (χ2n) is 6.78. The molecule has 4 aromatic rings. The van der Waals surface area contributed by atoms with E-state index in [1.165, 1.54) is 6.07 Å². The second-order valence-corrected chi connectivity index (χ2v) is 10.3. The number of carbonyl (C=O) groups excluding carboxylic acids is 1. The van der Waals surface area contributed by atoms with Crippen molar-refractivity contribution in [2.24, 2.45) is 0 Å². The number of benzene rings is 2. The Morgan fingerprint density at radius 1 is 0.765 bits per heavy atom. The first-order valence-electron chi connectivity index (χ1n) is 9.51. The number of nitrogens with zero attached hydrogens (tertiary/aromatic N) is 2. The number of halogens is 6. The van der Waals surface area contributed by atoms with Gasteiger partial charge in [-0.3, -0.25) is 14.8 Å². The molecule has 0 amide bonds. The highest BCUT2D eigenvalue weighted by Gasteiger charge is 2.16. The zero-order valence-corrected chi connectivity index (χ0v) is 23.2. The van der Waals surface area contributed by atoms with Crippen LogP contribution in [0.2, 0.25) is 20.1 Å². The Morgan fingerprint density at radius 3 is 1.88 bits per heavy atom. The lowest BCUT2D eigenvalue weighted by atomic mass is 10.1. The molecule has 2 aromatic carbocycles. The van der Waals surface area contributed by atoms with E-state index in [-0.39, 0.29) is 5.78 Å². The molecule has 2 aromatic heterocycles. The lowest BCUT2D eigenvalue weighted by Gasteiger charge is -2.12. The normalized spacial score (nSPS) is 11.4. The zero-order valence-electron chi connectivity index (χ0n) is 17.0. The first-order chi connectivity index (χ1) is 16.2. The molecule has 1 atom stereocenters. The third kappa shape index (κ3) is 7.25. The monoisotopic (exact) mass is 660 g/mol. The maximum atomic E-state index is 12.1. The van der Waals surface area contributed by atoms with Crippen LogP contribution in [0, 0.1) is 0 Å². The van der Waals surface area contributed by atoms with Gasteiger partial charge in [-0.2, -0.15) is 0 Å². The summed E-state index contributed by atoms with van der Waals surface area (Å²) >= 11 is 30.1. The summed E-state index contributed by atoms with van der Waals surface area (Å²) in [4.78, 5) is 20.2. The lowest BCUT2D eigenvalue weighted by Crippen LogP contribution is -2.04. The van der Waals surface area contributed by atoms with Crippen molar-refractivity contribution in [3.05, 3.63) is 125 Å². The molecule has 4 nitrogen and oxygen atoms in total. The Bertz CT molecular complexity index is 1300. The van der Waals surface area contributed by atoms with Gasteiger partial charge in [0.15, 0.2) is 0 Å². The highest BCUT2D eigenvalue weighted by molar-refractivity contribution is 9.10. The fraction of sp³-hybridized carbons (Fsp3) is 0.0417. The van der Waals surface area contributed by atoms with Crippen molar-refractivity contribution in [3.63, 3.8) is 0 Å². The Balaban J connectivity index is 0.000000191. The van der Waals surface area contributed by atoms with Gasteiger partial charge in [-0.05, 0) is 86.5 Å². The highest BCUT2D eigenvalue weighted by Crippen LogP contribution is 2.30. The molecular formula is C24H14Br2Cl4N2O2. The third-order valence-corrected chi connectivity index (χ3v) is 6.47. The van der Waals surface area contributed by atoms with Gasteiger partial charge in [0.2, 0.25) is 5.78 Å². The summed E-state index contributed by atoms with van der Waals surface area (Å²) in [6, 6.07) is 16.7. The number of aromatic nitrogens is 2. The fourth-order valence-electron chi connectivity index (χ4n) is 2.75. The molecule has 1 unspecified atom stereocenters. The average Bonchev–Trinajstić information content (AvgIpc) is 2.80. The summed E-state index contributed by atoms with van der Waals surface area (Å²) in [7, 11) is 0. The Labute approximate surface area is 233 Å². The molecule has 0 aliphatic heterocycles. The van der Waals surface area contributed by atoms with Crippen LogP contribution in [0.4, 0.5) is 0 Å². The topological polar surface area (TPSA) is 63.1 Å². The van der Waals surface area contributed by atoms with Crippen LogP contribution < -0.4 is 0 Å². The van der Waals surface area contributed by atoms with Gasteiger partial charge in [-0.1, -0.05) is 52.5 Å². The molecule has 0 aliphatic carbocycles. The first kappa shape index (κ1) is 27.1. The standard InChI is InChI=1S/C12H8BrCl2NO.C12H6BrCl2NO/c2*13-7-1-4-11(16-6-7)12(17)9-3-2-8(14)5-10(9)15/h1-6,12,17H;1-6H. The van der Waals surface area contributed by atoms with Crippen molar-refractivity contribution in [3.8, 4) is 0 Å². The van der Waals surface area contributed by atoms with Crippen LogP contribution in [0.3, 0.4) is 0 Å². The summed E-state index contributed by atoms with van der Waals surface area (Å²) in [5.41, 5.74) is 1.87. The van der Waals surface area contributed by atoms with Crippen molar-refractivity contribution in [2.75, 3.05) is 0 Å². The predicted molar refractivity (Wildman–Crippen MR) is 144 cm³/mol. The minimum Gasteiger partial charge on any atom is -0.382 e. The van der Waals surface area contributed by atoms with E-state index in [9.17, 15) is 9.90 Å². The van der Waals surface area contributed by atoms with E-state index in [1.807, 2.05) is 6.07 Å². The fourth-order valence-corrected chi connectivity index (χ4v) is 4.23. The van der Waals surface area contributed by atoms with Gasteiger partial charge in [0.1, 0.15) is 11.8 Å². The summed E-state index contributed by atoms with van der Waals surface area (Å²) in [5.74, 6) is -0.223. The average molecular weight is 664 g/mol. The number of aliphatic hydroxyl groups excluding tert-OH is 1. The van der Waals surface area contributed by atoms with Crippen molar-refractivity contribution in [1.29, 1.82) is 0 Å². The molecule has 0 spiro atoms. The largest absolute Gasteiger partial charge is 0.382 e. The SMILES string of the molecule is O=C(c1ccc(Br)cn1)c1ccc(Cl)cc1Cl.OC(c1ccc(Br)cn1)c1ccc(Cl)cc1Cl. The summed E-state index contributed by atoms with van der Waals surface area (Å²) in [6.07, 6.45) is 2.34. The zero-order chi connectivity index (χ0) is 24.8. The molecule has 34 heavy (non-hydrogen) atoms. The third-order valence-electron chi connectivity index (χ3n) is 4.42. The number of aliphatic hydroxyl groups is 1. The molecule has 2 heterocycles. The molecule has 0 bridgehead atoms. The minimum absolute atomic E-state index is 0.223. The van der Waals surface area contributed by atoms with Gasteiger partial charge in [-0.15, -0.1) is 0 Å². The maximum Gasteiger partial charge on any atom is 0.212 e. The molecule has 0 saturated heterocycles. The van der Waals surface area contributed by atoms with Crippen LogP contribution in [0.1, 0.15) is 33.4 Å². The van der Waals surface area contributed by atoms with E-state index in [1.54, 1.807) is 60.9 Å². The van der Waals surface area contributed by atoms with Crippen LogP contribution in [-0.4, -0.2) is 20.9 Å². The highest BCUT2D eigenvalue weighted by atomic mass is 79.9. The van der Waals surface area contributed by atoms with Crippen LogP contribution in [-0.2, 0) is 0 Å². The van der Waals surface area contributed by atoms with Crippen LogP contribution in [0.15, 0.2) is 82.0 Å². The van der Waals surface area contributed by atoms with Gasteiger partial charge in [0.25, 0.3) is 0 Å². The van der Waals surface area contributed by atoms with Crippen LogP contribution in [0.25, 0.3) is 0 Å². The number of hydrogen-bond donors (Lipinski definition) is 1. The molecular weight excluding hydrogens is 650 g/mol. The number of hydrogen-bond acceptors (Lipinski definition) is 4. The van der Waals surface area contributed by atoms with Crippen LogP contribution >= 0.6 is 78.3 Å². The molecule has 0 saturated carbocycles. The van der Waals surface area contributed by atoms with E-state index in [0.29, 0.717) is 42.6 Å².